The first-order chi connectivity index (χ1) is 14.8. The summed E-state index contributed by atoms with van der Waals surface area (Å²) in [6, 6.07) is 24.1. The average molecular weight is 399 g/mol. The van der Waals surface area contributed by atoms with Crippen LogP contribution in [0.1, 0.15) is 18.4 Å². The van der Waals surface area contributed by atoms with Crippen LogP contribution < -0.4 is 10.2 Å². The van der Waals surface area contributed by atoms with Gasteiger partial charge >= 0.3 is 0 Å². The lowest BCUT2D eigenvalue weighted by Crippen LogP contribution is -2.25. The van der Waals surface area contributed by atoms with E-state index in [1.54, 1.807) is 0 Å². The van der Waals surface area contributed by atoms with E-state index in [4.69, 9.17) is 4.74 Å². The van der Waals surface area contributed by atoms with Gasteiger partial charge in [0.1, 0.15) is 12.4 Å². The SMILES string of the molecule is O=c1c2ccccc2n(Cc2ccc(OCCN3CCCC3)cc2)c2ccccc12. The minimum absolute atomic E-state index is 0.0965. The summed E-state index contributed by atoms with van der Waals surface area (Å²) in [4.78, 5) is 15.4. The maximum absolute atomic E-state index is 12.9. The summed E-state index contributed by atoms with van der Waals surface area (Å²) >= 11 is 0. The molecule has 4 nitrogen and oxygen atoms in total. The Morgan fingerprint density at radius 3 is 2.00 bits per heavy atom. The van der Waals surface area contributed by atoms with Crippen molar-refractivity contribution in [3.8, 4) is 5.75 Å². The predicted octanol–water partition coefficient (Wildman–Crippen LogP) is 4.68. The highest BCUT2D eigenvalue weighted by molar-refractivity contribution is 5.93. The number of para-hydroxylation sites is 2. The van der Waals surface area contributed by atoms with Crippen molar-refractivity contribution in [2.75, 3.05) is 26.2 Å². The second-order valence-electron chi connectivity index (χ2n) is 7.99. The molecule has 1 fully saturated rings. The third kappa shape index (κ3) is 3.71. The van der Waals surface area contributed by atoms with Crippen LogP contribution in [0.3, 0.4) is 0 Å². The molecule has 0 atom stereocenters. The highest BCUT2D eigenvalue weighted by Crippen LogP contribution is 2.21. The zero-order valence-corrected chi connectivity index (χ0v) is 17.1. The Morgan fingerprint density at radius 2 is 1.37 bits per heavy atom. The molecule has 2 heterocycles. The van der Waals surface area contributed by atoms with Gasteiger partial charge in [-0.3, -0.25) is 9.69 Å². The van der Waals surface area contributed by atoms with Gasteiger partial charge < -0.3 is 9.30 Å². The van der Waals surface area contributed by atoms with Crippen molar-refractivity contribution in [3.05, 3.63) is 88.6 Å². The highest BCUT2D eigenvalue weighted by Gasteiger charge is 2.12. The van der Waals surface area contributed by atoms with E-state index in [2.05, 4.69) is 21.6 Å². The van der Waals surface area contributed by atoms with Crippen LogP contribution >= 0.6 is 0 Å². The molecule has 0 amide bonds. The first-order valence-electron chi connectivity index (χ1n) is 10.7. The molecule has 1 aliphatic heterocycles. The van der Waals surface area contributed by atoms with Gasteiger partial charge in [-0.15, -0.1) is 0 Å². The highest BCUT2D eigenvalue weighted by atomic mass is 16.5. The van der Waals surface area contributed by atoms with Gasteiger partial charge in [0.25, 0.3) is 0 Å². The van der Waals surface area contributed by atoms with Crippen LogP contribution in [0.15, 0.2) is 77.6 Å². The van der Waals surface area contributed by atoms with Crippen molar-refractivity contribution in [2.24, 2.45) is 0 Å². The molecule has 0 radical (unpaired) electrons. The summed E-state index contributed by atoms with van der Waals surface area (Å²) < 4.78 is 8.17. The Morgan fingerprint density at radius 1 is 0.767 bits per heavy atom. The number of likely N-dealkylation sites (tertiary alicyclic amines) is 1. The molecule has 0 spiro atoms. The van der Waals surface area contributed by atoms with Crippen LogP contribution in [0.25, 0.3) is 21.8 Å². The number of rotatable bonds is 6. The summed E-state index contributed by atoms with van der Waals surface area (Å²) in [6.07, 6.45) is 2.62. The molecule has 4 aromatic rings. The largest absolute Gasteiger partial charge is 0.492 e. The van der Waals surface area contributed by atoms with Crippen molar-refractivity contribution in [3.63, 3.8) is 0 Å². The number of ether oxygens (including phenoxy) is 1. The Hall–Kier alpha value is -3.11. The Kier molecular flexibility index (Phi) is 5.24. The van der Waals surface area contributed by atoms with E-state index in [-0.39, 0.29) is 5.43 Å². The second-order valence-corrected chi connectivity index (χ2v) is 7.99. The Labute approximate surface area is 176 Å². The van der Waals surface area contributed by atoms with Gasteiger partial charge in [-0.25, -0.2) is 0 Å². The summed E-state index contributed by atoms with van der Waals surface area (Å²) in [5, 5.41) is 1.52. The van der Waals surface area contributed by atoms with E-state index in [0.29, 0.717) is 6.54 Å². The van der Waals surface area contributed by atoms with Gasteiger partial charge in [0, 0.05) is 23.9 Å². The molecule has 1 saturated heterocycles. The van der Waals surface area contributed by atoms with Gasteiger partial charge in [-0.05, 0) is 67.9 Å². The van der Waals surface area contributed by atoms with Crippen LogP contribution in [-0.2, 0) is 6.54 Å². The summed E-state index contributed by atoms with van der Waals surface area (Å²) in [7, 11) is 0. The number of nitrogens with zero attached hydrogens (tertiary/aromatic N) is 2. The third-order valence-electron chi connectivity index (χ3n) is 6.02. The molecule has 4 heteroatoms. The van der Waals surface area contributed by atoms with E-state index in [1.807, 2.05) is 60.7 Å². The fourth-order valence-corrected chi connectivity index (χ4v) is 4.42. The van der Waals surface area contributed by atoms with Crippen LogP contribution in [0, 0.1) is 0 Å². The molecule has 0 bridgehead atoms. The summed E-state index contributed by atoms with van der Waals surface area (Å²) in [5.41, 5.74) is 3.21. The summed E-state index contributed by atoms with van der Waals surface area (Å²) in [6.45, 7) is 4.83. The zero-order chi connectivity index (χ0) is 20.3. The molecule has 3 aromatic carbocycles. The van der Waals surface area contributed by atoms with Crippen molar-refractivity contribution in [2.45, 2.75) is 19.4 Å². The van der Waals surface area contributed by atoms with Crippen LogP contribution in [0.5, 0.6) is 5.75 Å². The lowest BCUT2D eigenvalue weighted by Gasteiger charge is -2.16. The maximum Gasteiger partial charge on any atom is 0.197 e. The number of pyridine rings is 1. The molecule has 152 valence electrons. The molecule has 0 unspecified atom stereocenters. The minimum Gasteiger partial charge on any atom is -0.492 e. The lowest BCUT2D eigenvalue weighted by atomic mass is 10.1. The smallest absolute Gasteiger partial charge is 0.197 e. The minimum atomic E-state index is 0.0965. The molecule has 30 heavy (non-hydrogen) atoms. The van der Waals surface area contributed by atoms with Gasteiger partial charge in [0.05, 0.1) is 11.0 Å². The normalized spacial score (nSPS) is 14.5. The Balaban J connectivity index is 1.40. The lowest BCUT2D eigenvalue weighted by molar-refractivity contribution is 0.238. The molecule has 0 saturated carbocycles. The van der Waals surface area contributed by atoms with Crippen LogP contribution in [-0.4, -0.2) is 35.7 Å². The third-order valence-corrected chi connectivity index (χ3v) is 6.02. The first-order valence-corrected chi connectivity index (χ1v) is 10.7. The quantitative estimate of drug-likeness (QED) is 0.443. The molecular weight excluding hydrogens is 372 g/mol. The van der Waals surface area contributed by atoms with Gasteiger partial charge in [0.2, 0.25) is 0 Å². The van der Waals surface area contributed by atoms with Gasteiger partial charge in [0.15, 0.2) is 5.43 Å². The molecular formula is C26H26N2O2. The van der Waals surface area contributed by atoms with E-state index in [1.165, 1.54) is 31.5 Å². The standard InChI is InChI=1S/C26H26N2O2/c29-26-22-7-1-3-9-24(22)28(25-10-4-2-8-23(25)26)19-20-11-13-21(14-12-20)30-18-17-27-15-5-6-16-27/h1-4,7-14H,5-6,15-19H2. The fraction of sp³-hybridized carbons (Fsp3) is 0.269. The number of aromatic nitrogens is 1. The number of hydrogen-bond donors (Lipinski definition) is 0. The topological polar surface area (TPSA) is 34.5 Å². The number of benzene rings is 3. The maximum atomic E-state index is 12.9. The predicted molar refractivity (Wildman–Crippen MR) is 122 cm³/mol. The molecule has 5 rings (SSSR count). The number of fused-ring (bicyclic) bond motifs is 2. The molecule has 0 N–H and O–H groups in total. The van der Waals surface area contributed by atoms with E-state index in [9.17, 15) is 4.79 Å². The number of hydrogen-bond acceptors (Lipinski definition) is 3. The van der Waals surface area contributed by atoms with E-state index < -0.39 is 0 Å². The fourth-order valence-electron chi connectivity index (χ4n) is 4.42. The Bertz CT molecular complexity index is 1160. The first kappa shape index (κ1) is 18.9. The van der Waals surface area contributed by atoms with E-state index >= 15 is 0 Å². The van der Waals surface area contributed by atoms with Crippen molar-refractivity contribution < 1.29 is 4.74 Å². The van der Waals surface area contributed by atoms with Crippen molar-refractivity contribution in [1.82, 2.24) is 9.47 Å². The summed E-state index contributed by atoms with van der Waals surface area (Å²) in [5.74, 6) is 0.910. The monoisotopic (exact) mass is 398 g/mol. The van der Waals surface area contributed by atoms with Crippen LogP contribution in [0.2, 0.25) is 0 Å². The van der Waals surface area contributed by atoms with Crippen molar-refractivity contribution in [1.29, 1.82) is 0 Å². The van der Waals surface area contributed by atoms with Crippen molar-refractivity contribution >= 4 is 21.8 Å². The zero-order valence-electron chi connectivity index (χ0n) is 17.1. The van der Waals surface area contributed by atoms with Gasteiger partial charge in [-0.1, -0.05) is 36.4 Å². The molecule has 0 aliphatic carbocycles. The average Bonchev–Trinajstić information content (AvgIpc) is 3.31. The van der Waals surface area contributed by atoms with Gasteiger partial charge in [-0.2, -0.15) is 0 Å². The second kappa shape index (κ2) is 8.33. The van der Waals surface area contributed by atoms with Crippen LogP contribution in [0.4, 0.5) is 0 Å². The van der Waals surface area contributed by atoms with E-state index in [0.717, 1.165) is 40.7 Å². The molecule has 1 aliphatic rings. The molecule has 1 aromatic heterocycles.